The van der Waals surface area contributed by atoms with Crippen LogP contribution >= 0.6 is 15.9 Å². The standard InChI is InChI=1S/C23H16BrN3O4/c24-21-13-19(27(29)30)8-11-22(21)26-23(28)18(14-25)12-16-6-9-20(10-7-16)31-15-17-4-2-1-3-5-17/h1-13H,15H2,(H,26,28)/b18-12+. The first-order chi connectivity index (χ1) is 15.0. The first-order valence-electron chi connectivity index (χ1n) is 9.10. The van der Waals surface area contributed by atoms with Crippen molar-refractivity contribution in [1.29, 1.82) is 5.26 Å². The van der Waals surface area contributed by atoms with E-state index in [1.165, 1.54) is 24.3 Å². The number of non-ortho nitro benzene ring substituents is 1. The lowest BCUT2D eigenvalue weighted by Crippen LogP contribution is -2.13. The van der Waals surface area contributed by atoms with Gasteiger partial charge in [-0.1, -0.05) is 42.5 Å². The normalized spacial score (nSPS) is 10.8. The van der Waals surface area contributed by atoms with Crippen LogP contribution in [0.4, 0.5) is 11.4 Å². The third-order valence-corrected chi connectivity index (χ3v) is 4.87. The first-order valence-corrected chi connectivity index (χ1v) is 9.89. The molecule has 0 saturated carbocycles. The molecule has 0 spiro atoms. The van der Waals surface area contributed by atoms with Crippen molar-refractivity contribution in [3.63, 3.8) is 0 Å². The van der Waals surface area contributed by atoms with Crippen molar-refractivity contribution in [2.75, 3.05) is 5.32 Å². The topological polar surface area (TPSA) is 105 Å². The summed E-state index contributed by atoms with van der Waals surface area (Å²) in [5.74, 6) is 0.0419. The molecule has 0 bridgehead atoms. The number of nitro benzene ring substituents is 1. The van der Waals surface area contributed by atoms with Crippen LogP contribution in [0.3, 0.4) is 0 Å². The monoisotopic (exact) mass is 477 g/mol. The summed E-state index contributed by atoms with van der Waals surface area (Å²) in [5, 5.41) is 22.8. The maximum atomic E-state index is 12.5. The fourth-order valence-corrected chi connectivity index (χ4v) is 3.09. The average molecular weight is 478 g/mol. The molecule has 7 nitrogen and oxygen atoms in total. The molecule has 3 aromatic rings. The van der Waals surface area contributed by atoms with Gasteiger partial charge in [-0.15, -0.1) is 0 Å². The molecule has 3 aromatic carbocycles. The van der Waals surface area contributed by atoms with E-state index in [1.807, 2.05) is 36.4 Å². The zero-order chi connectivity index (χ0) is 22.2. The van der Waals surface area contributed by atoms with Crippen LogP contribution < -0.4 is 10.1 Å². The van der Waals surface area contributed by atoms with Gasteiger partial charge >= 0.3 is 0 Å². The third kappa shape index (κ3) is 6.01. The Kier molecular flexibility index (Phi) is 7.14. The van der Waals surface area contributed by atoms with Crippen LogP contribution in [-0.4, -0.2) is 10.8 Å². The van der Waals surface area contributed by atoms with E-state index in [0.717, 1.165) is 5.56 Å². The van der Waals surface area contributed by atoms with Gasteiger partial charge in [-0.3, -0.25) is 14.9 Å². The largest absolute Gasteiger partial charge is 0.489 e. The number of carbonyl (C=O) groups excluding carboxylic acids is 1. The molecule has 8 heteroatoms. The molecule has 0 radical (unpaired) electrons. The number of benzene rings is 3. The van der Waals surface area contributed by atoms with E-state index >= 15 is 0 Å². The van der Waals surface area contributed by atoms with Gasteiger partial charge < -0.3 is 10.1 Å². The van der Waals surface area contributed by atoms with Gasteiger partial charge in [0.25, 0.3) is 11.6 Å². The molecule has 0 aliphatic heterocycles. The van der Waals surface area contributed by atoms with Crippen molar-refractivity contribution in [2.24, 2.45) is 0 Å². The van der Waals surface area contributed by atoms with Gasteiger partial charge in [0.2, 0.25) is 0 Å². The van der Waals surface area contributed by atoms with Crippen LogP contribution in [0, 0.1) is 21.4 Å². The lowest BCUT2D eigenvalue weighted by Gasteiger charge is -2.08. The molecule has 3 rings (SSSR count). The fourth-order valence-electron chi connectivity index (χ4n) is 2.63. The zero-order valence-electron chi connectivity index (χ0n) is 16.1. The SMILES string of the molecule is N#C/C(=C\c1ccc(OCc2ccccc2)cc1)C(=O)Nc1ccc([N+](=O)[O-])cc1Br. The van der Waals surface area contributed by atoms with Crippen molar-refractivity contribution < 1.29 is 14.5 Å². The van der Waals surface area contributed by atoms with Crippen molar-refractivity contribution in [3.8, 4) is 11.8 Å². The maximum Gasteiger partial charge on any atom is 0.270 e. The summed E-state index contributed by atoms with van der Waals surface area (Å²) >= 11 is 3.19. The Labute approximate surface area is 186 Å². The fraction of sp³-hybridized carbons (Fsp3) is 0.0435. The first kappa shape index (κ1) is 21.7. The number of rotatable bonds is 7. The smallest absolute Gasteiger partial charge is 0.270 e. The molecule has 0 atom stereocenters. The van der Waals surface area contributed by atoms with Gasteiger partial charge in [-0.2, -0.15) is 5.26 Å². The van der Waals surface area contributed by atoms with Crippen LogP contribution in [0.5, 0.6) is 5.75 Å². The molecule has 31 heavy (non-hydrogen) atoms. The summed E-state index contributed by atoms with van der Waals surface area (Å²) in [7, 11) is 0. The maximum absolute atomic E-state index is 12.5. The van der Waals surface area contributed by atoms with Gasteiger partial charge in [0, 0.05) is 16.6 Å². The molecule has 1 amide bonds. The van der Waals surface area contributed by atoms with E-state index in [1.54, 1.807) is 24.3 Å². The lowest BCUT2D eigenvalue weighted by molar-refractivity contribution is -0.384. The van der Waals surface area contributed by atoms with E-state index in [2.05, 4.69) is 21.2 Å². The highest BCUT2D eigenvalue weighted by Crippen LogP contribution is 2.27. The quantitative estimate of drug-likeness (QED) is 0.210. The second kappa shape index (κ2) is 10.2. The molecule has 0 aromatic heterocycles. The molecule has 0 unspecified atom stereocenters. The predicted octanol–water partition coefficient (Wildman–Crippen LogP) is 5.48. The number of ether oxygens (including phenoxy) is 1. The van der Waals surface area contributed by atoms with E-state index in [9.17, 15) is 20.2 Å². The highest BCUT2D eigenvalue weighted by atomic mass is 79.9. The van der Waals surface area contributed by atoms with Gasteiger partial charge in [0.15, 0.2) is 0 Å². The second-order valence-corrected chi connectivity index (χ2v) is 7.24. The number of nitro groups is 1. The molecule has 0 aliphatic carbocycles. The summed E-state index contributed by atoms with van der Waals surface area (Å²) in [5.41, 5.74) is 1.80. The molecule has 1 N–H and O–H groups in total. The highest BCUT2D eigenvalue weighted by molar-refractivity contribution is 9.10. The van der Waals surface area contributed by atoms with E-state index in [-0.39, 0.29) is 11.3 Å². The van der Waals surface area contributed by atoms with Crippen LogP contribution in [0.15, 0.2) is 82.8 Å². The Morgan fingerprint density at radius 1 is 1.13 bits per heavy atom. The minimum atomic E-state index is -0.624. The number of halogens is 1. The molecule has 0 fully saturated rings. The van der Waals surface area contributed by atoms with Crippen molar-refractivity contribution in [3.05, 3.63) is 104 Å². The molecule has 154 valence electrons. The van der Waals surface area contributed by atoms with Crippen LogP contribution in [-0.2, 0) is 11.4 Å². The van der Waals surface area contributed by atoms with E-state index < -0.39 is 10.8 Å². The second-order valence-electron chi connectivity index (χ2n) is 6.39. The number of carbonyl (C=O) groups is 1. The van der Waals surface area contributed by atoms with E-state index in [0.29, 0.717) is 28.1 Å². The average Bonchev–Trinajstić information content (AvgIpc) is 2.78. The van der Waals surface area contributed by atoms with Crippen molar-refractivity contribution in [2.45, 2.75) is 6.61 Å². The van der Waals surface area contributed by atoms with Gasteiger partial charge in [0.05, 0.1) is 10.6 Å². The predicted molar refractivity (Wildman–Crippen MR) is 120 cm³/mol. The highest BCUT2D eigenvalue weighted by Gasteiger charge is 2.14. The minimum Gasteiger partial charge on any atom is -0.489 e. The molecular weight excluding hydrogens is 462 g/mol. The summed E-state index contributed by atoms with van der Waals surface area (Å²) in [6, 6.07) is 22.6. The Morgan fingerprint density at radius 3 is 2.45 bits per heavy atom. The Morgan fingerprint density at radius 2 is 1.84 bits per heavy atom. The Hall–Kier alpha value is -3.96. The zero-order valence-corrected chi connectivity index (χ0v) is 17.7. The lowest BCUT2D eigenvalue weighted by atomic mass is 10.1. The number of nitrogens with one attached hydrogen (secondary N) is 1. The Balaban J connectivity index is 1.67. The number of hydrogen-bond acceptors (Lipinski definition) is 5. The van der Waals surface area contributed by atoms with Crippen LogP contribution in [0.25, 0.3) is 6.08 Å². The van der Waals surface area contributed by atoms with Crippen molar-refractivity contribution in [1.82, 2.24) is 0 Å². The molecular formula is C23H16BrN3O4. The van der Waals surface area contributed by atoms with Crippen LogP contribution in [0.2, 0.25) is 0 Å². The minimum absolute atomic E-state index is 0.108. The number of amides is 1. The Bertz CT molecular complexity index is 1170. The molecule has 0 aliphatic rings. The third-order valence-electron chi connectivity index (χ3n) is 4.22. The summed E-state index contributed by atoms with van der Waals surface area (Å²) in [4.78, 5) is 22.7. The van der Waals surface area contributed by atoms with Gasteiger partial charge in [-0.05, 0) is 51.3 Å². The van der Waals surface area contributed by atoms with Gasteiger partial charge in [-0.25, -0.2) is 0 Å². The summed E-state index contributed by atoms with van der Waals surface area (Å²) in [6.45, 7) is 0.437. The van der Waals surface area contributed by atoms with Crippen LogP contribution in [0.1, 0.15) is 11.1 Å². The summed E-state index contributed by atoms with van der Waals surface area (Å²) < 4.78 is 6.07. The number of anilines is 1. The van der Waals surface area contributed by atoms with Crippen molar-refractivity contribution >= 4 is 39.3 Å². The summed E-state index contributed by atoms with van der Waals surface area (Å²) in [6.07, 6.45) is 1.45. The number of nitriles is 1. The molecule has 0 heterocycles. The molecule has 0 saturated heterocycles. The van der Waals surface area contributed by atoms with E-state index in [4.69, 9.17) is 4.74 Å². The van der Waals surface area contributed by atoms with Gasteiger partial charge in [0.1, 0.15) is 24.0 Å². The number of hydrogen-bond donors (Lipinski definition) is 1. The number of nitrogens with zero attached hydrogens (tertiary/aromatic N) is 2.